The highest BCUT2D eigenvalue weighted by Crippen LogP contribution is 2.34. The van der Waals surface area contributed by atoms with Gasteiger partial charge in [0.15, 0.2) is 5.76 Å². The van der Waals surface area contributed by atoms with E-state index < -0.39 is 0 Å². The maximum absolute atomic E-state index is 11.5. The molecule has 0 saturated carbocycles. The Bertz CT molecular complexity index is 488. The minimum absolute atomic E-state index is 0.284. The number of nitrogens with one attached hydrogen (secondary N) is 1. The number of nitrogen functional groups attached to an aromatic ring is 1. The van der Waals surface area contributed by atoms with Crippen molar-refractivity contribution in [3.63, 3.8) is 0 Å². The van der Waals surface area contributed by atoms with Crippen molar-refractivity contribution < 1.29 is 9.21 Å². The number of hydrogen-bond acceptors (Lipinski definition) is 4. The largest absolute Gasteiger partial charge is 0.456 e. The molecule has 1 amide bonds. The molecule has 1 atom stereocenters. The fourth-order valence-corrected chi connectivity index (χ4v) is 2.78. The molecule has 3 N–H and O–H groups in total. The second kappa shape index (κ2) is 5.58. The quantitative estimate of drug-likeness (QED) is 0.505. The monoisotopic (exact) mass is 279 g/mol. The van der Waals surface area contributed by atoms with Gasteiger partial charge >= 0.3 is 5.91 Å². The molecule has 0 radical (unpaired) electrons. The van der Waals surface area contributed by atoms with Gasteiger partial charge in [0.1, 0.15) is 5.76 Å². The Kier molecular flexibility index (Phi) is 4.20. The lowest BCUT2D eigenvalue weighted by Gasteiger charge is -2.27. The van der Waals surface area contributed by atoms with E-state index in [0.717, 1.165) is 36.9 Å². The van der Waals surface area contributed by atoms with E-state index in [1.807, 2.05) is 6.92 Å². The maximum atomic E-state index is 11.5. The first-order valence-corrected chi connectivity index (χ1v) is 7.14. The zero-order chi connectivity index (χ0) is 14.9. The van der Waals surface area contributed by atoms with Gasteiger partial charge in [-0.1, -0.05) is 20.8 Å². The highest BCUT2D eigenvalue weighted by Gasteiger charge is 2.32. The molecular weight excluding hydrogens is 254 g/mol. The molecule has 1 aromatic heterocycles. The molecule has 1 fully saturated rings. The Morgan fingerprint density at radius 3 is 2.80 bits per heavy atom. The average molecular weight is 279 g/mol. The van der Waals surface area contributed by atoms with Crippen LogP contribution < -0.4 is 11.3 Å². The Morgan fingerprint density at radius 1 is 1.55 bits per heavy atom. The van der Waals surface area contributed by atoms with Crippen molar-refractivity contribution in [3.05, 3.63) is 23.2 Å². The van der Waals surface area contributed by atoms with Crippen molar-refractivity contribution in [2.24, 2.45) is 17.2 Å². The smallest absolute Gasteiger partial charge is 0.300 e. The lowest BCUT2D eigenvalue weighted by molar-refractivity contribution is 0.0924. The van der Waals surface area contributed by atoms with Crippen LogP contribution in [0.25, 0.3) is 0 Å². The molecule has 1 unspecified atom stereocenters. The first-order chi connectivity index (χ1) is 9.31. The third-order valence-corrected chi connectivity index (χ3v) is 4.27. The summed E-state index contributed by atoms with van der Waals surface area (Å²) in [5.74, 6) is 6.54. The van der Waals surface area contributed by atoms with Crippen LogP contribution >= 0.6 is 0 Å². The lowest BCUT2D eigenvalue weighted by Crippen LogP contribution is -2.29. The summed E-state index contributed by atoms with van der Waals surface area (Å²) in [6, 6.07) is 1.79. The van der Waals surface area contributed by atoms with Crippen LogP contribution in [0.3, 0.4) is 0 Å². The third kappa shape index (κ3) is 3.22. The van der Waals surface area contributed by atoms with Crippen LogP contribution in [0.1, 0.15) is 49.1 Å². The van der Waals surface area contributed by atoms with Gasteiger partial charge in [0, 0.05) is 18.7 Å². The fourth-order valence-electron chi connectivity index (χ4n) is 2.78. The summed E-state index contributed by atoms with van der Waals surface area (Å²) in [4.78, 5) is 13.9. The van der Waals surface area contributed by atoms with Crippen LogP contribution in [0.15, 0.2) is 10.5 Å². The predicted molar refractivity (Wildman–Crippen MR) is 77.9 cm³/mol. The molecule has 0 spiro atoms. The molecule has 1 saturated heterocycles. The lowest BCUT2D eigenvalue weighted by atomic mass is 9.80. The third-order valence-electron chi connectivity index (χ3n) is 4.27. The highest BCUT2D eigenvalue weighted by molar-refractivity contribution is 5.91. The number of hydrazine groups is 1. The zero-order valence-corrected chi connectivity index (χ0v) is 12.8. The average Bonchev–Trinajstić information content (AvgIpc) is 2.96. The molecule has 112 valence electrons. The van der Waals surface area contributed by atoms with E-state index in [9.17, 15) is 4.79 Å². The number of nitrogens with zero attached hydrogens (tertiary/aromatic N) is 1. The van der Waals surface area contributed by atoms with E-state index in [4.69, 9.17) is 10.3 Å². The molecule has 1 aliphatic rings. The highest BCUT2D eigenvalue weighted by atomic mass is 16.4. The number of furan rings is 1. The molecule has 2 heterocycles. The number of nitrogens with two attached hydrogens (primary N) is 1. The Hall–Kier alpha value is -1.33. The molecule has 0 aromatic carbocycles. The molecule has 0 bridgehead atoms. The molecule has 5 heteroatoms. The van der Waals surface area contributed by atoms with Gasteiger partial charge in [0.25, 0.3) is 0 Å². The van der Waals surface area contributed by atoms with Gasteiger partial charge in [0.05, 0.1) is 0 Å². The number of aryl methyl sites for hydroxylation is 1. The molecule has 1 aliphatic heterocycles. The maximum Gasteiger partial charge on any atom is 0.300 e. The van der Waals surface area contributed by atoms with E-state index in [1.165, 1.54) is 6.42 Å². The van der Waals surface area contributed by atoms with Crippen LogP contribution in [-0.4, -0.2) is 23.9 Å². The Morgan fingerprint density at radius 2 is 2.25 bits per heavy atom. The van der Waals surface area contributed by atoms with Crippen LogP contribution in [0.2, 0.25) is 0 Å². The van der Waals surface area contributed by atoms with E-state index in [-0.39, 0.29) is 11.7 Å². The molecule has 5 nitrogen and oxygen atoms in total. The Balaban J connectivity index is 2.01. The van der Waals surface area contributed by atoms with Crippen LogP contribution in [0.5, 0.6) is 0 Å². The second-order valence-electron chi connectivity index (χ2n) is 6.75. The molecular formula is C15H25N3O2. The van der Waals surface area contributed by atoms with E-state index in [1.54, 1.807) is 6.07 Å². The summed E-state index contributed by atoms with van der Waals surface area (Å²) < 4.78 is 5.45. The summed E-state index contributed by atoms with van der Waals surface area (Å²) >= 11 is 0. The topological polar surface area (TPSA) is 71.5 Å². The normalized spacial score (nSPS) is 20.4. The van der Waals surface area contributed by atoms with Crippen LogP contribution in [0.4, 0.5) is 0 Å². The summed E-state index contributed by atoms with van der Waals surface area (Å²) in [6.07, 6.45) is 1.23. The fraction of sp³-hybridized carbons (Fsp3) is 0.667. The second-order valence-corrected chi connectivity index (χ2v) is 6.75. The van der Waals surface area contributed by atoms with Gasteiger partial charge in [0.2, 0.25) is 0 Å². The molecule has 2 rings (SSSR count). The van der Waals surface area contributed by atoms with Crippen molar-refractivity contribution >= 4 is 5.91 Å². The predicted octanol–water partition coefficient (Wildman–Crippen LogP) is 2.06. The summed E-state index contributed by atoms with van der Waals surface area (Å²) in [6.45, 7) is 11.8. The van der Waals surface area contributed by atoms with E-state index in [2.05, 4.69) is 31.1 Å². The van der Waals surface area contributed by atoms with Crippen molar-refractivity contribution in [1.82, 2.24) is 10.3 Å². The number of hydrogen-bond donors (Lipinski definition) is 2. The minimum atomic E-state index is -0.381. The summed E-state index contributed by atoms with van der Waals surface area (Å²) in [5, 5.41) is 0. The minimum Gasteiger partial charge on any atom is -0.456 e. The van der Waals surface area contributed by atoms with Crippen molar-refractivity contribution in [3.8, 4) is 0 Å². The SMILES string of the molecule is Cc1oc(C(=O)NN)cc1CN1CCC(C(C)(C)C)C1. The number of rotatable bonds is 3. The van der Waals surface area contributed by atoms with E-state index in [0.29, 0.717) is 5.41 Å². The molecule has 1 aromatic rings. The van der Waals surface area contributed by atoms with Gasteiger partial charge in [-0.3, -0.25) is 15.1 Å². The first-order valence-electron chi connectivity index (χ1n) is 7.14. The van der Waals surface area contributed by atoms with Gasteiger partial charge < -0.3 is 4.42 Å². The van der Waals surface area contributed by atoms with Gasteiger partial charge in [-0.05, 0) is 37.3 Å². The van der Waals surface area contributed by atoms with Gasteiger partial charge in [-0.2, -0.15) is 0 Å². The van der Waals surface area contributed by atoms with Crippen molar-refractivity contribution in [1.29, 1.82) is 0 Å². The van der Waals surface area contributed by atoms with Crippen molar-refractivity contribution in [2.75, 3.05) is 13.1 Å². The summed E-state index contributed by atoms with van der Waals surface area (Å²) in [7, 11) is 0. The number of amides is 1. The standard InChI is InChI=1S/C15H25N3O2/c1-10-11(7-13(20-10)14(19)17-16)8-18-6-5-12(9-18)15(2,3)4/h7,12H,5-6,8-9,16H2,1-4H3,(H,17,19). The Labute approximate surface area is 120 Å². The van der Waals surface area contributed by atoms with Crippen molar-refractivity contribution in [2.45, 2.75) is 40.7 Å². The first kappa shape index (κ1) is 15.1. The van der Waals surface area contributed by atoms with Crippen LogP contribution in [0, 0.1) is 18.3 Å². The molecule has 0 aliphatic carbocycles. The number of carbonyl (C=O) groups excluding carboxylic acids is 1. The van der Waals surface area contributed by atoms with Gasteiger partial charge in [-0.15, -0.1) is 0 Å². The number of likely N-dealkylation sites (tertiary alicyclic amines) is 1. The van der Waals surface area contributed by atoms with E-state index >= 15 is 0 Å². The number of carbonyl (C=O) groups is 1. The zero-order valence-electron chi connectivity index (χ0n) is 12.8. The summed E-state index contributed by atoms with van der Waals surface area (Å²) in [5.41, 5.74) is 3.52. The van der Waals surface area contributed by atoms with Crippen LogP contribution in [-0.2, 0) is 6.54 Å². The molecule has 20 heavy (non-hydrogen) atoms. The van der Waals surface area contributed by atoms with Gasteiger partial charge in [-0.25, -0.2) is 5.84 Å².